The molecule has 4 aromatic rings. The molecule has 3 fully saturated rings. The van der Waals surface area contributed by atoms with Crippen LogP contribution in [0.4, 0.5) is 0 Å². The molecule has 3 N–H and O–H groups in total. The van der Waals surface area contributed by atoms with E-state index < -0.39 is 151 Å². The Labute approximate surface area is 499 Å². The molecule has 21 nitrogen and oxygen atoms in total. The van der Waals surface area contributed by atoms with Crippen molar-refractivity contribution in [1.82, 2.24) is 10.3 Å². The molecular weight excluding hydrogens is 1140 g/mol. The van der Waals surface area contributed by atoms with Gasteiger partial charge in [0.2, 0.25) is 6.79 Å². The molecule has 3 aromatic carbocycles. The van der Waals surface area contributed by atoms with Crippen LogP contribution >= 0.6 is 21.6 Å². The Kier molecular flexibility index (Phi) is 21.1. The fraction of sp³-hybridized carbons (Fsp3) is 0.468. The van der Waals surface area contributed by atoms with Gasteiger partial charge in [-0.2, -0.15) is 0 Å². The van der Waals surface area contributed by atoms with E-state index in [4.69, 9.17) is 42.6 Å². The Bertz CT molecular complexity index is 3080. The first-order valence-corrected chi connectivity index (χ1v) is 30.2. The summed E-state index contributed by atoms with van der Waals surface area (Å²) in [5.41, 5.74) is -6.46. The highest BCUT2D eigenvalue weighted by Gasteiger charge is 2.78. The number of benzene rings is 3. The first kappa shape index (κ1) is 64.0. The summed E-state index contributed by atoms with van der Waals surface area (Å²) < 4.78 is 52.2. The molecule has 3 aliphatic carbocycles. The van der Waals surface area contributed by atoms with Crippen LogP contribution < -0.4 is 5.32 Å². The highest BCUT2D eigenvalue weighted by Crippen LogP contribution is 2.65. The van der Waals surface area contributed by atoms with E-state index in [1.165, 1.54) is 29.9 Å². The Morgan fingerprint density at radius 1 is 0.788 bits per heavy atom. The number of Topliss-reactive ketones (excluding diaryl/α,β-unsaturated/α-hetero) is 1. The van der Waals surface area contributed by atoms with Gasteiger partial charge >= 0.3 is 35.8 Å². The van der Waals surface area contributed by atoms with Crippen molar-refractivity contribution >= 4 is 69.1 Å². The minimum atomic E-state index is -2.36. The molecule has 2 bridgehead atoms. The quantitative estimate of drug-likeness (QED) is 0.0156. The van der Waals surface area contributed by atoms with Gasteiger partial charge in [0.05, 0.1) is 62.2 Å². The molecule has 0 radical (unpaired) electrons. The third-order valence-corrected chi connectivity index (χ3v) is 18.7. The lowest BCUT2D eigenvalue weighted by Crippen LogP contribution is -2.81. The number of nitrogens with zero attached hydrogens (tertiary/aromatic N) is 1. The van der Waals surface area contributed by atoms with Gasteiger partial charge in [0.1, 0.15) is 47.4 Å². The number of carbonyl (C=O) groups is 8. The number of ether oxygens (including phenoxy) is 9. The van der Waals surface area contributed by atoms with Gasteiger partial charge in [0, 0.05) is 48.6 Å². The van der Waals surface area contributed by atoms with E-state index in [-0.39, 0.29) is 42.9 Å². The van der Waals surface area contributed by atoms with Gasteiger partial charge in [-0.15, -0.1) is 0 Å². The second-order valence-corrected chi connectivity index (χ2v) is 24.4. The molecule has 1 aromatic heterocycles. The molecule has 85 heavy (non-hydrogen) atoms. The highest BCUT2D eigenvalue weighted by atomic mass is 33.1. The number of hydrogen-bond acceptors (Lipinski definition) is 22. The van der Waals surface area contributed by atoms with E-state index in [2.05, 4.69) is 10.3 Å². The number of esters is 6. The van der Waals surface area contributed by atoms with Gasteiger partial charge in [0.25, 0.3) is 5.91 Å². The topological polar surface area (TPSA) is 285 Å². The van der Waals surface area contributed by atoms with Crippen LogP contribution in [-0.2, 0) is 71.4 Å². The lowest BCUT2D eigenvalue weighted by molar-refractivity contribution is -0.346. The molecule has 0 spiro atoms. The summed E-state index contributed by atoms with van der Waals surface area (Å²) in [6.45, 7) is 8.40. The molecule has 23 heteroatoms. The van der Waals surface area contributed by atoms with Crippen molar-refractivity contribution in [3.05, 3.63) is 143 Å². The molecule has 4 aliphatic rings. The maximum atomic E-state index is 16.1. The van der Waals surface area contributed by atoms with Crippen molar-refractivity contribution in [2.75, 3.05) is 45.6 Å². The van der Waals surface area contributed by atoms with Gasteiger partial charge in [-0.3, -0.25) is 24.0 Å². The molecule has 454 valence electrons. The third-order valence-electron chi connectivity index (χ3n) is 16.4. The summed E-state index contributed by atoms with van der Waals surface area (Å²) in [7, 11) is 3.12. The van der Waals surface area contributed by atoms with E-state index in [0.29, 0.717) is 23.5 Å². The SMILES string of the molecule is CC(=O)O[C@@]12COC1C[C@H](OC(=O)CCC(=O)OCOC(=O)COCCOCCSSc1ccccn1)[C@@]1(C)C(=O)[C@H](C)C3=C(C)[C@@H](OC(=O)[C@H](O)[C@@H](NC(=O)c4ccccc4)c4ccccc4)C[C@@](O)([C@@H](OC(=O)c4ccccc4)[C@@H]12)C3(C)C. The van der Waals surface area contributed by atoms with Crippen molar-refractivity contribution in [3.8, 4) is 0 Å². The normalized spacial score (nSPS) is 26.2. The zero-order valence-corrected chi connectivity index (χ0v) is 49.6. The Morgan fingerprint density at radius 3 is 2.07 bits per heavy atom. The van der Waals surface area contributed by atoms with Crippen molar-refractivity contribution in [1.29, 1.82) is 0 Å². The van der Waals surface area contributed by atoms with Crippen molar-refractivity contribution in [2.45, 2.75) is 120 Å². The van der Waals surface area contributed by atoms with Crippen LogP contribution in [0.1, 0.15) is 99.5 Å². The standard InChI is InChI=1S/C62H70N2O19S2/c1-37-43(80-58(73)52(69)51(40-18-10-7-11-19-40)64-56(71)41-20-12-8-13-21-41)33-62(74)55(82-57(72)42-22-14-9-15-23-42)53-60(6,54(70)38(2)50(37)59(62,4)5)44(32-45-61(53,35-77-45)83-39(3)65)81-48(67)26-25-47(66)78-36-79-49(68)34-76-29-28-75-30-31-84-85-46-24-16-17-27-63-46/h7-24,27,38,43-45,51-53,55,69,74H,25-26,28-36H2,1-6H3,(H,64,71)/t38-,43+,44+,45?,51+,52-,53+,55+,60-,61+,62-/m1/s1. The number of rotatable bonds is 25. The fourth-order valence-corrected chi connectivity index (χ4v) is 14.0. The maximum absolute atomic E-state index is 16.1. The number of aromatic nitrogens is 1. The highest BCUT2D eigenvalue weighted by molar-refractivity contribution is 8.76. The molecular formula is C62H70N2O19S2. The minimum Gasteiger partial charge on any atom is -0.461 e. The Morgan fingerprint density at radius 2 is 1.42 bits per heavy atom. The van der Waals surface area contributed by atoms with Crippen molar-refractivity contribution in [2.24, 2.45) is 22.7 Å². The molecule has 2 heterocycles. The molecule has 1 amide bonds. The number of carbonyl (C=O) groups excluding carboxylic acids is 8. The maximum Gasteiger partial charge on any atom is 0.338 e. The van der Waals surface area contributed by atoms with Crippen LogP contribution in [-0.4, -0.2) is 150 Å². The first-order valence-electron chi connectivity index (χ1n) is 27.8. The average Bonchev–Trinajstić information content (AvgIpc) is 0.690. The van der Waals surface area contributed by atoms with Gasteiger partial charge in [-0.05, 0) is 77.7 Å². The molecule has 8 rings (SSSR count). The number of nitrogens with one attached hydrogen (secondary N) is 1. The number of fused-ring (bicyclic) bond motifs is 5. The lowest BCUT2D eigenvalue weighted by Gasteiger charge is -2.67. The minimum absolute atomic E-state index is 0.0431. The molecule has 1 unspecified atom stereocenters. The van der Waals surface area contributed by atoms with Crippen LogP contribution in [0.15, 0.2) is 132 Å². The van der Waals surface area contributed by atoms with Crippen molar-refractivity contribution < 1.29 is 91.2 Å². The van der Waals surface area contributed by atoms with Gasteiger partial charge in [-0.1, -0.05) is 104 Å². The van der Waals surface area contributed by atoms with Gasteiger partial charge in [-0.25, -0.2) is 19.4 Å². The fourth-order valence-electron chi connectivity index (χ4n) is 12.2. The van der Waals surface area contributed by atoms with Gasteiger partial charge < -0.3 is 58.2 Å². The van der Waals surface area contributed by atoms with E-state index >= 15 is 4.79 Å². The van der Waals surface area contributed by atoms with E-state index in [9.17, 15) is 43.8 Å². The zero-order valence-electron chi connectivity index (χ0n) is 48.0. The van der Waals surface area contributed by atoms with Gasteiger partial charge in [0.15, 0.2) is 11.7 Å². The van der Waals surface area contributed by atoms with Crippen molar-refractivity contribution in [3.63, 3.8) is 0 Å². The molecule has 2 saturated carbocycles. The lowest BCUT2D eigenvalue weighted by atomic mass is 9.43. The largest absolute Gasteiger partial charge is 0.461 e. The van der Waals surface area contributed by atoms with E-state index in [0.717, 1.165) is 11.9 Å². The Hall–Kier alpha value is -6.99. The monoisotopic (exact) mass is 1210 g/mol. The summed E-state index contributed by atoms with van der Waals surface area (Å²) in [5.74, 6) is -8.93. The smallest absolute Gasteiger partial charge is 0.338 e. The second kappa shape index (κ2) is 28.0. The Balaban J connectivity index is 1.01. The predicted molar refractivity (Wildman–Crippen MR) is 306 cm³/mol. The van der Waals surface area contributed by atoms with E-state index in [1.807, 2.05) is 18.2 Å². The van der Waals surface area contributed by atoms with Crippen LogP contribution in [0, 0.1) is 22.7 Å². The number of amides is 1. The van der Waals surface area contributed by atoms with Crippen LogP contribution in [0.3, 0.4) is 0 Å². The summed E-state index contributed by atoms with van der Waals surface area (Å²) in [5, 5.41) is 29.6. The molecule has 1 aliphatic heterocycles. The van der Waals surface area contributed by atoms with Crippen LogP contribution in [0.25, 0.3) is 0 Å². The second-order valence-electron chi connectivity index (χ2n) is 21.9. The van der Waals surface area contributed by atoms with Crippen LogP contribution in [0.2, 0.25) is 0 Å². The molecule has 11 atom stereocenters. The first-order chi connectivity index (χ1) is 40.6. The summed E-state index contributed by atoms with van der Waals surface area (Å²) in [6, 6.07) is 28.6. The zero-order chi connectivity index (χ0) is 61.1. The number of pyridine rings is 1. The summed E-state index contributed by atoms with van der Waals surface area (Å²) >= 11 is 0. The predicted octanol–water partition coefficient (Wildman–Crippen LogP) is 6.68. The molecule has 1 saturated heterocycles. The third kappa shape index (κ3) is 14.1. The summed E-state index contributed by atoms with van der Waals surface area (Å²) in [6.07, 6.45) is -8.05. The van der Waals surface area contributed by atoms with E-state index in [1.54, 1.807) is 124 Å². The average molecular weight is 1210 g/mol. The number of aliphatic hydroxyl groups is 2. The number of ketones is 1. The number of aliphatic hydroxyl groups excluding tert-OH is 1. The van der Waals surface area contributed by atoms with Crippen LogP contribution in [0.5, 0.6) is 0 Å². The number of hydrogen-bond donors (Lipinski definition) is 3. The summed E-state index contributed by atoms with van der Waals surface area (Å²) in [4.78, 5) is 116.